The fourth-order valence-electron chi connectivity index (χ4n) is 1.88. The van der Waals surface area contributed by atoms with Crippen LogP contribution in [0.4, 0.5) is 0 Å². The summed E-state index contributed by atoms with van der Waals surface area (Å²) in [4.78, 5) is 13.9. The van der Waals surface area contributed by atoms with Gasteiger partial charge in [-0.2, -0.15) is 0 Å². The van der Waals surface area contributed by atoms with Gasteiger partial charge in [0, 0.05) is 18.4 Å². The molecule has 2 rings (SSSR count). The number of alkyl halides is 1. The summed E-state index contributed by atoms with van der Waals surface area (Å²) < 4.78 is 5.14. The second-order valence-corrected chi connectivity index (χ2v) is 4.65. The van der Waals surface area contributed by atoms with E-state index in [0.29, 0.717) is 11.5 Å². The van der Waals surface area contributed by atoms with Gasteiger partial charge in [0.1, 0.15) is 12.0 Å². The Labute approximate surface area is 97.6 Å². The lowest BCUT2D eigenvalue weighted by atomic mass is 10.2. The highest BCUT2D eigenvalue weighted by atomic mass is 79.9. The predicted octanol–water partition coefficient (Wildman–Crippen LogP) is 2.45. The first-order chi connectivity index (χ1) is 7.20. The summed E-state index contributed by atoms with van der Waals surface area (Å²) >= 11 is 3.46. The maximum Gasteiger partial charge on any atom is 0.257 e. The van der Waals surface area contributed by atoms with E-state index < -0.39 is 0 Å². The second-order valence-electron chi connectivity index (χ2n) is 4.01. The van der Waals surface area contributed by atoms with Crippen molar-refractivity contribution in [3.8, 4) is 0 Å². The number of aryl methyl sites for hydroxylation is 1. The van der Waals surface area contributed by atoms with E-state index in [9.17, 15) is 4.79 Å². The summed E-state index contributed by atoms with van der Waals surface area (Å²) in [5.74, 6) is 1.48. The smallest absolute Gasteiger partial charge is 0.257 e. The Balaban J connectivity index is 2.03. The molecule has 1 aromatic rings. The average Bonchev–Trinajstić information content (AvgIpc) is 2.84. The van der Waals surface area contributed by atoms with Gasteiger partial charge in [-0.15, -0.1) is 0 Å². The van der Waals surface area contributed by atoms with E-state index >= 15 is 0 Å². The molecule has 1 aliphatic rings. The molecular formula is C11H14BrNO2. The second kappa shape index (κ2) is 4.39. The van der Waals surface area contributed by atoms with Crippen LogP contribution in [0.15, 0.2) is 16.7 Å². The van der Waals surface area contributed by atoms with E-state index in [1.54, 1.807) is 12.3 Å². The van der Waals surface area contributed by atoms with E-state index in [4.69, 9.17) is 4.42 Å². The zero-order valence-electron chi connectivity index (χ0n) is 8.70. The summed E-state index contributed by atoms with van der Waals surface area (Å²) in [5.41, 5.74) is 0.669. The molecule has 1 aliphatic heterocycles. The predicted molar refractivity (Wildman–Crippen MR) is 61.2 cm³/mol. The van der Waals surface area contributed by atoms with Gasteiger partial charge >= 0.3 is 0 Å². The third kappa shape index (κ3) is 2.25. The van der Waals surface area contributed by atoms with Crippen LogP contribution >= 0.6 is 15.9 Å². The van der Waals surface area contributed by atoms with Gasteiger partial charge in [0.25, 0.3) is 5.91 Å². The SMILES string of the molecule is Cc1cc(C(=O)N2CCC(CBr)C2)co1. The van der Waals surface area contributed by atoms with Crippen LogP contribution in [0.25, 0.3) is 0 Å². The molecule has 0 aromatic carbocycles. The van der Waals surface area contributed by atoms with Crippen LogP contribution in [0.5, 0.6) is 0 Å². The topological polar surface area (TPSA) is 33.5 Å². The number of carbonyl (C=O) groups is 1. The number of hydrogen-bond acceptors (Lipinski definition) is 2. The lowest BCUT2D eigenvalue weighted by Crippen LogP contribution is -2.28. The molecule has 1 fully saturated rings. The summed E-state index contributed by atoms with van der Waals surface area (Å²) in [7, 11) is 0. The molecule has 0 radical (unpaired) electrons. The van der Waals surface area contributed by atoms with Crippen LogP contribution in [-0.2, 0) is 0 Å². The molecular weight excluding hydrogens is 258 g/mol. The van der Waals surface area contributed by atoms with E-state index in [1.807, 2.05) is 11.8 Å². The number of furan rings is 1. The number of likely N-dealkylation sites (tertiary alicyclic amines) is 1. The van der Waals surface area contributed by atoms with Crippen molar-refractivity contribution >= 4 is 21.8 Å². The first-order valence-corrected chi connectivity index (χ1v) is 6.23. The molecule has 1 unspecified atom stereocenters. The highest BCUT2D eigenvalue weighted by Gasteiger charge is 2.26. The lowest BCUT2D eigenvalue weighted by molar-refractivity contribution is 0.0787. The van der Waals surface area contributed by atoms with Gasteiger partial charge in [0.2, 0.25) is 0 Å². The van der Waals surface area contributed by atoms with Gasteiger partial charge in [-0.25, -0.2) is 0 Å². The summed E-state index contributed by atoms with van der Waals surface area (Å²) in [5, 5.41) is 0.973. The molecule has 0 bridgehead atoms. The highest BCUT2D eigenvalue weighted by molar-refractivity contribution is 9.09. The Morgan fingerprint density at radius 3 is 3.07 bits per heavy atom. The van der Waals surface area contributed by atoms with Gasteiger partial charge in [0.05, 0.1) is 5.56 Å². The zero-order chi connectivity index (χ0) is 10.8. The Hall–Kier alpha value is -0.770. The number of hydrogen-bond donors (Lipinski definition) is 0. The third-order valence-electron chi connectivity index (χ3n) is 2.77. The van der Waals surface area contributed by atoms with Crippen molar-refractivity contribution in [1.82, 2.24) is 4.90 Å². The summed E-state index contributed by atoms with van der Waals surface area (Å²) in [6.45, 7) is 3.57. The van der Waals surface area contributed by atoms with Crippen LogP contribution in [0.2, 0.25) is 0 Å². The Morgan fingerprint density at radius 1 is 1.73 bits per heavy atom. The monoisotopic (exact) mass is 271 g/mol. The minimum atomic E-state index is 0.0929. The quantitative estimate of drug-likeness (QED) is 0.775. The number of amides is 1. The van der Waals surface area contributed by atoms with Gasteiger partial charge in [0.15, 0.2) is 0 Å². The lowest BCUT2D eigenvalue weighted by Gasteiger charge is -2.14. The van der Waals surface area contributed by atoms with Crippen molar-refractivity contribution in [3.63, 3.8) is 0 Å². The van der Waals surface area contributed by atoms with Gasteiger partial charge in [-0.3, -0.25) is 4.79 Å². The molecule has 1 aromatic heterocycles. The first kappa shape index (κ1) is 10.7. The third-order valence-corrected chi connectivity index (χ3v) is 3.68. The van der Waals surface area contributed by atoms with Crippen molar-refractivity contribution in [2.45, 2.75) is 13.3 Å². The van der Waals surface area contributed by atoms with Crippen molar-refractivity contribution in [3.05, 3.63) is 23.7 Å². The van der Waals surface area contributed by atoms with Crippen molar-refractivity contribution in [2.24, 2.45) is 5.92 Å². The Kier molecular flexibility index (Phi) is 3.14. The van der Waals surface area contributed by atoms with Crippen molar-refractivity contribution in [1.29, 1.82) is 0 Å². The zero-order valence-corrected chi connectivity index (χ0v) is 10.3. The number of nitrogens with zero attached hydrogens (tertiary/aromatic N) is 1. The highest BCUT2D eigenvalue weighted by Crippen LogP contribution is 2.20. The maximum absolute atomic E-state index is 12.0. The van der Waals surface area contributed by atoms with E-state index in [2.05, 4.69) is 15.9 Å². The van der Waals surface area contributed by atoms with Crippen LogP contribution in [-0.4, -0.2) is 29.2 Å². The van der Waals surface area contributed by atoms with E-state index in [1.165, 1.54) is 0 Å². The number of halogens is 1. The molecule has 15 heavy (non-hydrogen) atoms. The normalized spacial score (nSPS) is 20.9. The largest absolute Gasteiger partial charge is 0.469 e. The van der Waals surface area contributed by atoms with E-state index in [-0.39, 0.29) is 5.91 Å². The number of carbonyl (C=O) groups excluding carboxylic acids is 1. The minimum Gasteiger partial charge on any atom is -0.469 e. The molecule has 2 heterocycles. The Bertz CT molecular complexity index is 361. The van der Waals surface area contributed by atoms with Gasteiger partial charge in [-0.05, 0) is 25.3 Å². The molecule has 0 spiro atoms. The van der Waals surface area contributed by atoms with Gasteiger partial charge < -0.3 is 9.32 Å². The average molecular weight is 272 g/mol. The molecule has 1 atom stereocenters. The van der Waals surface area contributed by atoms with Crippen LogP contribution in [0, 0.1) is 12.8 Å². The minimum absolute atomic E-state index is 0.0929. The van der Waals surface area contributed by atoms with Crippen LogP contribution < -0.4 is 0 Å². The van der Waals surface area contributed by atoms with Crippen molar-refractivity contribution in [2.75, 3.05) is 18.4 Å². The summed E-state index contributed by atoms with van der Waals surface area (Å²) in [6.07, 6.45) is 2.63. The van der Waals surface area contributed by atoms with Crippen LogP contribution in [0.3, 0.4) is 0 Å². The molecule has 3 nitrogen and oxygen atoms in total. The number of rotatable bonds is 2. The standard InChI is InChI=1S/C11H14BrNO2/c1-8-4-10(7-15-8)11(14)13-3-2-9(5-12)6-13/h4,7,9H,2-3,5-6H2,1H3. The fourth-order valence-corrected chi connectivity index (χ4v) is 2.41. The summed E-state index contributed by atoms with van der Waals surface area (Å²) in [6, 6.07) is 1.80. The molecule has 1 amide bonds. The van der Waals surface area contributed by atoms with Crippen LogP contribution in [0.1, 0.15) is 22.5 Å². The first-order valence-electron chi connectivity index (χ1n) is 5.11. The van der Waals surface area contributed by atoms with Crippen molar-refractivity contribution < 1.29 is 9.21 Å². The molecule has 0 aliphatic carbocycles. The van der Waals surface area contributed by atoms with E-state index in [0.717, 1.165) is 30.6 Å². The Morgan fingerprint density at radius 2 is 2.53 bits per heavy atom. The molecule has 1 saturated heterocycles. The van der Waals surface area contributed by atoms with Gasteiger partial charge in [-0.1, -0.05) is 15.9 Å². The molecule has 4 heteroatoms. The molecule has 0 saturated carbocycles. The maximum atomic E-state index is 12.0. The molecule has 0 N–H and O–H groups in total. The fraction of sp³-hybridized carbons (Fsp3) is 0.545. The molecule has 82 valence electrons.